The number of rotatable bonds is 8. The Morgan fingerprint density at radius 2 is 1.29 bits per heavy atom. The van der Waals surface area contributed by atoms with Crippen LogP contribution in [0.3, 0.4) is 0 Å². The van der Waals surface area contributed by atoms with E-state index in [9.17, 15) is 9.59 Å². The standard InChI is InChI=1S/C19H35N3O2.2C2H6/c1-3-10-21-12-14-22(15-13-21)11-4-9-20-19(24)18-7-5-17(6-8-18)16(2)23;2*1-2/h17-18H,3-15H2,1-2H3,(H,20,24);2*1-2H3. The van der Waals surface area contributed by atoms with Gasteiger partial charge >= 0.3 is 0 Å². The van der Waals surface area contributed by atoms with Gasteiger partial charge in [-0.1, -0.05) is 34.6 Å². The van der Waals surface area contributed by atoms with Gasteiger partial charge in [-0.3, -0.25) is 9.59 Å². The van der Waals surface area contributed by atoms with E-state index in [1.807, 2.05) is 27.7 Å². The smallest absolute Gasteiger partial charge is 0.223 e. The Morgan fingerprint density at radius 3 is 1.75 bits per heavy atom. The van der Waals surface area contributed by atoms with Crippen molar-refractivity contribution in [1.82, 2.24) is 15.1 Å². The molecule has 166 valence electrons. The molecule has 5 nitrogen and oxygen atoms in total. The Hall–Kier alpha value is -0.940. The van der Waals surface area contributed by atoms with Crippen molar-refractivity contribution in [2.24, 2.45) is 11.8 Å². The predicted molar refractivity (Wildman–Crippen MR) is 120 cm³/mol. The molecule has 1 amide bonds. The first-order valence-electron chi connectivity index (χ1n) is 11.8. The predicted octanol–water partition coefficient (Wildman–Crippen LogP) is 3.97. The molecule has 28 heavy (non-hydrogen) atoms. The highest BCUT2D eigenvalue weighted by Crippen LogP contribution is 2.29. The molecule has 1 N–H and O–H groups in total. The maximum absolute atomic E-state index is 12.2. The van der Waals surface area contributed by atoms with Crippen LogP contribution in [0.1, 0.15) is 80.1 Å². The van der Waals surface area contributed by atoms with Crippen LogP contribution in [0.4, 0.5) is 0 Å². The second kappa shape index (κ2) is 17.0. The summed E-state index contributed by atoms with van der Waals surface area (Å²) in [5.74, 6) is 0.802. The monoisotopic (exact) mass is 397 g/mol. The van der Waals surface area contributed by atoms with Crippen molar-refractivity contribution in [1.29, 1.82) is 0 Å². The van der Waals surface area contributed by atoms with Gasteiger partial charge < -0.3 is 15.1 Å². The van der Waals surface area contributed by atoms with Crippen LogP contribution in [-0.4, -0.2) is 67.3 Å². The first kappa shape index (κ1) is 27.1. The SMILES string of the molecule is CC.CC.CCCN1CCN(CCCNC(=O)C2CCC(C(C)=O)CC2)CC1. The zero-order valence-corrected chi connectivity index (χ0v) is 19.6. The van der Waals surface area contributed by atoms with E-state index in [1.165, 1.54) is 26.1 Å². The fourth-order valence-corrected chi connectivity index (χ4v) is 3.97. The summed E-state index contributed by atoms with van der Waals surface area (Å²) >= 11 is 0. The maximum Gasteiger partial charge on any atom is 0.223 e. The van der Waals surface area contributed by atoms with E-state index in [0.29, 0.717) is 0 Å². The van der Waals surface area contributed by atoms with Gasteiger partial charge in [-0.2, -0.15) is 0 Å². The number of ketones is 1. The van der Waals surface area contributed by atoms with Crippen LogP contribution in [0.25, 0.3) is 0 Å². The summed E-state index contributed by atoms with van der Waals surface area (Å²) in [4.78, 5) is 28.7. The molecule has 1 aliphatic carbocycles. The van der Waals surface area contributed by atoms with Gasteiger partial charge in [0, 0.05) is 44.6 Å². The quantitative estimate of drug-likeness (QED) is 0.630. The Balaban J connectivity index is 0.00000171. The fourth-order valence-electron chi connectivity index (χ4n) is 3.97. The van der Waals surface area contributed by atoms with E-state index >= 15 is 0 Å². The number of hydrogen-bond donors (Lipinski definition) is 1. The Kier molecular flexibility index (Phi) is 16.4. The van der Waals surface area contributed by atoms with Crippen LogP contribution in [0.2, 0.25) is 0 Å². The molecule has 0 aromatic rings. The van der Waals surface area contributed by atoms with Crippen LogP contribution in [0.5, 0.6) is 0 Å². The summed E-state index contributed by atoms with van der Waals surface area (Å²) in [6.07, 6.45) is 5.78. The molecule has 5 heteroatoms. The molecule has 0 unspecified atom stereocenters. The number of nitrogens with zero attached hydrogens (tertiary/aromatic N) is 2. The lowest BCUT2D eigenvalue weighted by atomic mass is 9.80. The van der Waals surface area contributed by atoms with E-state index < -0.39 is 0 Å². The second-order valence-electron chi connectivity index (χ2n) is 7.49. The minimum Gasteiger partial charge on any atom is -0.356 e. The van der Waals surface area contributed by atoms with Crippen molar-refractivity contribution >= 4 is 11.7 Å². The van der Waals surface area contributed by atoms with E-state index in [-0.39, 0.29) is 23.5 Å². The number of hydrogen-bond acceptors (Lipinski definition) is 4. The third-order valence-corrected chi connectivity index (χ3v) is 5.63. The van der Waals surface area contributed by atoms with Crippen LogP contribution < -0.4 is 5.32 Å². The summed E-state index contributed by atoms with van der Waals surface area (Å²) < 4.78 is 0. The van der Waals surface area contributed by atoms with Crippen molar-refractivity contribution < 1.29 is 9.59 Å². The summed E-state index contributed by atoms with van der Waals surface area (Å²) in [5.41, 5.74) is 0. The number of piperazine rings is 1. The molecule has 0 atom stereocenters. The molecule has 2 aliphatic rings. The number of amides is 1. The molecule has 0 spiro atoms. The van der Waals surface area contributed by atoms with Gasteiger partial charge in [0.1, 0.15) is 5.78 Å². The molecule has 1 saturated carbocycles. The van der Waals surface area contributed by atoms with Gasteiger partial charge in [-0.05, 0) is 58.5 Å². The van der Waals surface area contributed by atoms with Gasteiger partial charge in [0.2, 0.25) is 5.91 Å². The topological polar surface area (TPSA) is 52.6 Å². The first-order chi connectivity index (χ1) is 13.6. The number of nitrogens with one attached hydrogen (secondary N) is 1. The molecule has 0 aromatic carbocycles. The van der Waals surface area contributed by atoms with Crippen molar-refractivity contribution in [2.45, 2.75) is 80.1 Å². The Morgan fingerprint density at radius 1 is 0.821 bits per heavy atom. The van der Waals surface area contributed by atoms with Gasteiger partial charge in [0.25, 0.3) is 0 Å². The van der Waals surface area contributed by atoms with Crippen LogP contribution in [-0.2, 0) is 9.59 Å². The molecule has 0 bridgehead atoms. The highest BCUT2D eigenvalue weighted by Gasteiger charge is 2.28. The molecular weight excluding hydrogens is 350 g/mol. The fraction of sp³-hybridized carbons (Fsp3) is 0.913. The highest BCUT2D eigenvalue weighted by atomic mass is 16.2. The van der Waals surface area contributed by atoms with Gasteiger partial charge in [0.15, 0.2) is 0 Å². The summed E-state index contributed by atoms with van der Waals surface area (Å²) in [6, 6.07) is 0. The average molecular weight is 398 g/mol. The average Bonchev–Trinajstić information content (AvgIpc) is 2.75. The molecule has 2 rings (SSSR count). The lowest BCUT2D eigenvalue weighted by molar-refractivity contribution is -0.128. The maximum atomic E-state index is 12.2. The second-order valence-corrected chi connectivity index (χ2v) is 7.49. The molecule has 1 aliphatic heterocycles. The number of Topliss-reactive ketones (excluding diaryl/α,β-unsaturated/α-hetero) is 1. The van der Waals surface area contributed by atoms with Crippen LogP contribution in [0, 0.1) is 11.8 Å². The lowest BCUT2D eigenvalue weighted by Gasteiger charge is -2.34. The molecular formula is C23H47N3O2. The van der Waals surface area contributed by atoms with Crippen molar-refractivity contribution in [3.8, 4) is 0 Å². The molecule has 1 heterocycles. The van der Waals surface area contributed by atoms with Crippen LogP contribution in [0.15, 0.2) is 0 Å². The minimum absolute atomic E-state index is 0.123. The van der Waals surface area contributed by atoms with E-state index in [4.69, 9.17) is 0 Å². The van der Waals surface area contributed by atoms with Gasteiger partial charge in [0.05, 0.1) is 0 Å². The van der Waals surface area contributed by atoms with Crippen molar-refractivity contribution in [2.75, 3.05) is 45.8 Å². The number of carbonyl (C=O) groups excluding carboxylic acids is 2. The highest BCUT2D eigenvalue weighted by molar-refractivity contribution is 5.80. The zero-order valence-electron chi connectivity index (χ0n) is 19.6. The lowest BCUT2D eigenvalue weighted by Crippen LogP contribution is -2.47. The zero-order chi connectivity index (χ0) is 21.4. The summed E-state index contributed by atoms with van der Waals surface area (Å²) in [6.45, 7) is 19.7. The summed E-state index contributed by atoms with van der Waals surface area (Å²) in [7, 11) is 0. The van der Waals surface area contributed by atoms with Gasteiger partial charge in [-0.15, -0.1) is 0 Å². The van der Waals surface area contributed by atoms with Crippen molar-refractivity contribution in [3.63, 3.8) is 0 Å². The summed E-state index contributed by atoms with van der Waals surface area (Å²) in [5, 5.41) is 3.10. The molecule has 0 aromatic heterocycles. The number of carbonyl (C=O) groups is 2. The largest absolute Gasteiger partial charge is 0.356 e. The Bertz CT molecular complexity index is 399. The van der Waals surface area contributed by atoms with E-state index in [2.05, 4.69) is 22.0 Å². The first-order valence-corrected chi connectivity index (χ1v) is 11.8. The third-order valence-electron chi connectivity index (χ3n) is 5.63. The molecule has 0 radical (unpaired) electrons. The van der Waals surface area contributed by atoms with E-state index in [1.54, 1.807) is 6.92 Å². The minimum atomic E-state index is 0.123. The molecule has 1 saturated heterocycles. The third kappa shape index (κ3) is 10.6. The van der Waals surface area contributed by atoms with Crippen molar-refractivity contribution in [3.05, 3.63) is 0 Å². The Labute approximate surface area is 174 Å². The van der Waals surface area contributed by atoms with Gasteiger partial charge in [-0.25, -0.2) is 0 Å². The molecule has 2 fully saturated rings. The van der Waals surface area contributed by atoms with Crippen LogP contribution >= 0.6 is 0 Å². The normalized spacial score (nSPS) is 22.9. The van der Waals surface area contributed by atoms with E-state index in [0.717, 1.165) is 58.3 Å².